The van der Waals surface area contributed by atoms with Gasteiger partial charge in [-0.25, -0.2) is 4.79 Å². The minimum atomic E-state index is -1.11. The fraction of sp³-hybridized carbons (Fsp3) is 0.522. The molecule has 1 amide bonds. The molecule has 0 unspecified atom stereocenters. The van der Waals surface area contributed by atoms with Crippen LogP contribution in [0.1, 0.15) is 62.0 Å². The molecular formula is C23H30N2O5. The van der Waals surface area contributed by atoms with E-state index >= 15 is 0 Å². The van der Waals surface area contributed by atoms with Crippen molar-refractivity contribution >= 4 is 28.6 Å². The molecule has 1 heterocycles. The molecule has 2 aromatic rings. The van der Waals surface area contributed by atoms with Crippen LogP contribution in [0.5, 0.6) is 5.75 Å². The molecule has 7 nitrogen and oxygen atoms in total. The first-order valence-corrected chi connectivity index (χ1v) is 10.6. The summed E-state index contributed by atoms with van der Waals surface area (Å²) < 4.78 is 7.63. The first-order valence-electron chi connectivity index (χ1n) is 10.6. The van der Waals surface area contributed by atoms with Crippen LogP contribution < -0.4 is 10.5 Å². The molecule has 0 spiro atoms. The fourth-order valence-corrected chi connectivity index (χ4v) is 4.48. The van der Waals surface area contributed by atoms with Crippen LogP contribution in [0.15, 0.2) is 18.2 Å². The van der Waals surface area contributed by atoms with Gasteiger partial charge in [-0.05, 0) is 43.2 Å². The molecule has 1 fully saturated rings. The Morgan fingerprint density at radius 2 is 1.90 bits per heavy atom. The Kier molecular flexibility index (Phi) is 6.80. The normalized spacial score (nSPS) is 14.9. The SMILES string of the molecule is CC(C)Cc1c(C(=O)C(N)=O)c2c(OCC(=O)O)cccc2n1CC1CCCCC1. The highest BCUT2D eigenvalue weighted by Crippen LogP contribution is 2.37. The highest BCUT2D eigenvalue weighted by atomic mass is 16.5. The Bertz CT molecular complexity index is 954. The second kappa shape index (κ2) is 9.32. The number of hydrogen-bond acceptors (Lipinski definition) is 4. The second-order valence-corrected chi connectivity index (χ2v) is 8.56. The molecule has 1 aromatic heterocycles. The van der Waals surface area contributed by atoms with Gasteiger partial charge in [0, 0.05) is 12.2 Å². The van der Waals surface area contributed by atoms with Crippen molar-refractivity contribution < 1.29 is 24.2 Å². The molecule has 3 N–H and O–H groups in total. The fourth-order valence-electron chi connectivity index (χ4n) is 4.48. The molecule has 1 saturated carbocycles. The monoisotopic (exact) mass is 414 g/mol. The highest BCUT2D eigenvalue weighted by molar-refractivity contribution is 6.45. The summed E-state index contributed by atoms with van der Waals surface area (Å²) >= 11 is 0. The van der Waals surface area contributed by atoms with Gasteiger partial charge in [0.25, 0.3) is 11.7 Å². The van der Waals surface area contributed by atoms with Crippen molar-refractivity contribution in [2.75, 3.05) is 6.61 Å². The number of primary amides is 1. The van der Waals surface area contributed by atoms with Crippen LogP contribution in [-0.2, 0) is 22.6 Å². The van der Waals surface area contributed by atoms with E-state index in [9.17, 15) is 14.4 Å². The number of benzene rings is 1. The molecule has 0 radical (unpaired) electrons. The number of rotatable bonds is 9. The number of nitrogens with two attached hydrogens (primary N) is 1. The van der Waals surface area contributed by atoms with E-state index in [4.69, 9.17) is 15.6 Å². The number of amides is 1. The molecule has 0 aliphatic heterocycles. The van der Waals surface area contributed by atoms with E-state index < -0.39 is 24.3 Å². The predicted molar refractivity (Wildman–Crippen MR) is 114 cm³/mol. The maximum atomic E-state index is 12.9. The van der Waals surface area contributed by atoms with Crippen molar-refractivity contribution in [3.63, 3.8) is 0 Å². The zero-order chi connectivity index (χ0) is 21.8. The molecule has 1 aliphatic rings. The van der Waals surface area contributed by atoms with Crippen molar-refractivity contribution in [3.8, 4) is 5.75 Å². The summed E-state index contributed by atoms with van der Waals surface area (Å²) in [4.78, 5) is 35.8. The first-order chi connectivity index (χ1) is 14.3. The van der Waals surface area contributed by atoms with Gasteiger partial charge >= 0.3 is 5.97 Å². The molecule has 1 aliphatic carbocycles. The summed E-state index contributed by atoms with van der Waals surface area (Å²) in [6.45, 7) is 4.34. The third-order valence-electron chi connectivity index (χ3n) is 5.73. The highest BCUT2D eigenvalue weighted by Gasteiger charge is 2.29. The van der Waals surface area contributed by atoms with Gasteiger partial charge in [0.05, 0.1) is 16.5 Å². The Morgan fingerprint density at radius 1 is 1.20 bits per heavy atom. The lowest BCUT2D eigenvalue weighted by Crippen LogP contribution is -2.25. The van der Waals surface area contributed by atoms with Gasteiger partial charge in [-0.3, -0.25) is 9.59 Å². The van der Waals surface area contributed by atoms with Crippen LogP contribution in [0.25, 0.3) is 10.9 Å². The van der Waals surface area contributed by atoms with Crippen molar-refractivity contribution in [2.45, 2.75) is 58.9 Å². The summed E-state index contributed by atoms with van der Waals surface area (Å²) in [6, 6.07) is 5.31. The molecule has 0 bridgehead atoms. The Balaban J connectivity index is 2.22. The summed E-state index contributed by atoms with van der Waals surface area (Å²) in [7, 11) is 0. The number of aromatic nitrogens is 1. The molecule has 3 rings (SSSR count). The first kappa shape index (κ1) is 21.9. The molecule has 1 aromatic carbocycles. The number of nitrogens with zero attached hydrogens (tertiary/aromatic N) is 1. The smallest absolute Gasteiger partial charge is 0.341 e. The Hall–Kier alpha value is -2.83. The number of ketones is 1. The topological polar surface area (TPSA) is 112 Å². The second-order valence-electron chi connectivity index (χ2n) is 8.56. The van der Waals surface area contributed by atoms with E-state index in [1.165, 1.54) is 19.3 Å². The third-order valence-corrected chi connectivity index (χ3v) is 5.73. The molecule has 162 valence electrons. The van der Waals surface area contributed by atoms with Gasteiger partial charge in [0.1, 0.15) is 5.75 Å². The number of aliphatic carboxylic acids is 1. The summed E-state index contributed by atoms with van der Waals surface area (Å²) in [5.41, 5.74) is 7.20. The van der Waals surface area contributed by atoms with Crippen LogP contribution in [0, 0.1) is 11.8 Å². The summed E-state index contributed by atoms with van der Waals surface area (Å²) in [6.07, 6.45) is 6.52. The van der Waals surface area contributed by atoms with Crippen LogP contribution in [0.2, 0.25) is 0 Å². The standard InChI is InChI=1S/C23H30N2O5/c1-14(2)11-17-21(22(28)23(24)29)20-16(9-6-10-18(20)30-13-19(26)27)25(17)12-15-7-4-3-5-8-15/h6,9-10,14-15H,3-5,7-8,11-13H2,1-2H3,(H2,24,29)(H,26,27). The van der Waals surface area contributed by atoms with Crippen LogP contribution in [0.3, 0.4) is 0 Å². The Labute approximate surface area is 176 Å². The van der Waals surface area contributed by atoms with E-state index in [0.29, 0.717) is 17.7 Å². The molecular weight excluding hydrogens is 384 g/mol. The third kappa shape index (κ3) is 4.66. The van der Waals surface area contributed by atoms with Gasteiger partial charge in [-0.15, -0.1) is 0 Å². The minimum Gasteiger partial charge on any atom is -0.481 e. The van der Waals surface area contributed by atoms with Crippen LogP contribution >= 0.6 is 0 Å². The molecule has 0 saturated heterocycles. The maximum absolute atomic E-state index is 12.9. The number of hydrogen-bond donors (Lipinski definition) is 2. The van der Waals surface area contributed by atoms with Gasteiger partial charge in [0.15, 0.2) is 6.61 Å². The van der Waals surface area contributed by atoms with Crippen LogP contribution in [-0.4, -0.2) is 33.9 Å². The van der Waals surface area contributed by atoms with E-state index in [0.717, 1.165) is 30.6 Å². The number of Topliss-reactive ketones (excluding diaryl/α,β-unsaturated/α-hetero) is 1. The van der Waals surface area contributed by atoms with Gasteiger partial charge in [-0.1, -0.05) is 39.2 Å². The number of carbonyl (C=O) groups is 3. The van der Waals surface area contributed by atoms with E-state index in [2.05, 4.69) is 18.4 Å². The lowest BCUT2D eigenvalue weighted by molar-refractivity contribution is -0.139. The van der Waals surface area contributed by atoms with E-state index in [-0.39, 0.29) is 17.2 Å². The lowest BCUT2D eigenvalue weighted by atomic mass is 9.89. The zero-order valence-electron chi connectivity index (χ0n) is 17.6. The molecule has 30 heavy (non-hydrogen) atoms. The average Bonchev–Trinajstić information content (AvgIpc) is 2.99. The predicted octanol–water partition coefficient (Wildman–Crippen LogP) is 3.55. The largest absolute Gasteiger partial charge is 0.481 e. The lowest BCUT2D eigenvalue weighted by Gasteiger charge is -2.24. The van der Waals surface area contributed by atoms with Crippen molar-refractivity contribution in [1.29, 1.82) is 0 Å². The number of carboxylic acids is 1. The van der Waals surface area contributed by atoms with Crippen molar-refractivity contribution in [1.82, 2.24) is 4.57 Å². The summed E-state index contributed by atoms with van der Waals surface area (Å²) in [5, 5.41) is 9.52. The Morgan fingerprint density at radius 3 is 2.50 bits per heavy atom. The van der Waals surface area contributed by atoms with Crippen molar-refractivity contribution in [3.05, 3.63) is 29.5 Å². The maximum Gasteiger partial charge on any atom is 0.341 e. The zero-order valence-corrected chi connectivity index (χ0v) is 17.6. The number of carbonyl (C=O) groups excluding carboxylic acids is 2. The van der Waals surface area contributed by atoms with Crippen molar-refractivity contribution in [2.24, 2.45) is 17.6 Å². The van der Waals surface area contributed by atoms with E-state index in [1.54, 1.807) is 12.1 Å². The molecule has 0 atom stereocenters. The quantitative estimate of drug-likeness (QED) is 0.481. The van der Waals surface area contributed by atoms with Gasteiger partial charge in [0.2, 0.25) is 0 Å². The summed E-state index contributed by atoms with van der Waals surface area (Å²) in [5.74, 6) is -1.86. The van der Waals surface area contributed by atoms with Gasteiger partial charge < -0.3 is 20.1 Å². The van der Waals surface area contributed by atoms with Crippen LogP contribution in [0.4, 0.5) is 0 Å². The number of ether oxygens (including phenoxy) is 1. The number of carboxylic acid groups (broad SMARTS) is 1. The molecule has 7 heteroatoms. The van der Waals surface area contributed by atoms with E-state index in [1.807, 2.05) is 6.07 Å². The average molecular weight is 415 g/mol. The minimum absolute atomic E-state index is 0.252. The number of fused-ring (bicyclic) bond motifs is 1. The van der Waals surface area contributed by atoms with Gasteiger partial charge in [-0.2, -0.15) is 0 Å².